The maximum absolute atomic E-state index is 11.5. The number of hydrogen-bond donors (Lipinski definition) is 1. The second-order valence-electron chi connectivity index (χ2n) is 4.58. The fourth-order valence-electron chi connectivity index (χ4n) is 2.21. The fourth-order valence-corrected chi connectivity index (χ4v) is 2.21. The first-order chi connectivity index (χ1) is 9.58. The van der Waals surface area contributed by atoms with E-state index in [1.807, 2.05) is 12.1 Å². The molecule has 0 fully saturated rings. The van der Waals surface area contributed by atoms with E-state index in [0.717, 1.165) is 11.3 Å². The highest BCUT2D eigenvalue weighted by atomic mass is 16.2. The Hall–Kier alpha value is -2.94. The molecular weight excluding hydrogens is 256 g/mol. The summed E-state index contributed by atoms with van der Waals surface area (Å²) >= 11 is 0. The number of carbonyl (C=O) groups is 1. The molecule has 0 saturated heterocycles. The minimum absolute atomic E-state index is 0.0499. The summed E-state index contributed by atoms with van der Waals surface area (Å²) in [6.07, 6.45) is 0.316. The first kappa shape index (κ1) is 12.1. The van der Waals surface area contributed by atoms with Crippen LogP contribution in [-0.4, -0.2) is 15.7 Å². The van der Waals surface area contributed by atoms with Crippen molar-refractivity contribution < 1.29 is 4.79 Å². The van der Waals surface area contributed by atoms with Gasteiger partial charge in [-0.3, -0.25) is 9.59 Å². The Morgan fingerprint density at radius 3 is 2.90 bits per heavy atom. The van der Waals surface area contributed by atoms with Gasteiger partial charge in [0, 0.05) is 24.4 Å². The highest BCUT2D eigenvalue weighted by molar-refractivity contribution is 5.99. The van der Waals surface area contributed by atoms with Crippen LogP contribution < -0.4 is 10.9 Å². The zero-order chi connectivity index (χ0) is 14.3. The Balaban J connectivity index is 2.18. The van der Waals surface area contributed by atoms with Crippen LogP contribution in [0.1, 0.15) is 11.1 Å². The molecule has 0 atom stereocenters. The number of nitriles is 1. The lowest BCUT2D eigenvalue weighted by Crippen LogP contribution is -2.20. The number of amides is 1. The Labute approximate surface area is 114 Å². The monoisotopic (exact) mass is 266 g/mol. The lowest BCUT2D eigenvalue weighted by atomic mass is 10.0. The van der Waals surface area contributed by atoms with Gasteiger partial charge in [-0.2, -0.15) is 10.4 Å². The fraction of sp³-hybridized carbons (Fsp3) is 0.143. The molecule has 20 heavy (non-hydrogen) atoms. The van der Waals surface area contributed by atoms with Crippen LogP contribution >= 0.6 is 0 Å². The first-order valence-corrected chi connectivity index (χ1v) is 6.00. The minimum atomic E-state index is -0.330. The number of carbonyl (C=O) groups excluding carboxylic acids is 1. The molecule has 0 unspecified atom stereocenters. The molecule has 2 aromatic rings. The third-order valence-corrected chi connectivity index (χ3v) is 3.22. The molecule has 98 valence electrons. The van der Waals surface area contributed by atoms with Crippen LogP contribution in [0.25, 0.3) is 11.3 Å². The molecule has 1 aliphatic rings. The van der Waals surface area contributed by atoms with E-state index in [4.69, 9.17) is 5.26 Å². The number of rotatable bonds is 1. The second-order valence-corrected chi connectivity index (χ2v) is 4.58. The zero-order valence-corrected chi connectivity index (χ0v) is 10.7. The average molecular weight is 266 g/mol. The third kappa shape index (κ3) is 1.86. The van der Waals surface area contributed by atoms with Gasteiger partial charge in [0.15, 0.2) is 0 Å². The Bertz CT molecular complexity index is 830. The predicted molar refractivity (Wildman–Crippen MR) is 72.0 cm³/mol. The summed E-state index contributed by atoms with van der Waals surface area (Å²) < 4.78 is 1.19. The van der Waals surface area contributed by atoms with E-state index in [0.29, 0.717) is 17.7 Å². The van der Waals surface area contributed by atoms with Gasteiger partial charge in [0.05, 0.1) is 12.0 Å². The minimum Gasteiger partial charge on any atom is -0.326 e. The number of nitrogens with one attached hydrogen (secondary N) is 1. The van der Waals surface area contributed by atoms with Crippen LogP contribution in [0.2, 0.25) is 0 Å². The van der Waals surface area contributed by atoms with Crippen molar-refractivity contribution in [3.8, 4) is 17.3 Å². The maximum atomic E-state index is 11.5. The number of nitrogens with zero attached hydrogens (tertiary/aromatic N) is 3. The third-order valence-electron chi connectivity index (χ3n) is 3.22. The SMILES string of the molecule is Cn1nc(-c2ccc3c(c2)CC(=O)N3)c(C#N)cc1=O. The molecule has 6 nitrogen and oxygen atoms in total. The van der Waals surface area contributed by atoms with Crippen molar-refractivity contribution in [3.63, 3.8) is 0 Å². The van der Waals surface area contributed by atoms with Crippen molar-refractivity contribution in [2.45, 2.75) is 6.42 Å². The van der Waals surface area contributed by atoms with Crippen molar-refractivity contribution in [2.75, 3.05) is 5.32 Å². The summed E-state index contributed by atoms with van der Waals surface area (Å²) in [6, 6.07) is 8.62. The summed E-state index contributed by atoms with van der Waals surface area (Å²) in [5, 5.41) is 16.0. The summed E-state index contributed by atoms with van der Waals surface area (Å²) in [6.45, 7) is 0. The standard InChI is InChI=1S/C14H10N4O2/c1-18-13(20)6-10(7-15)14(17-18)8-2-3-11-9(4-8)5-12(19)16-11/h2-4,6H,5H2,1H3,(H,16,19). The predicted octanol–water partition coefficient (Wildman–Crippen LogP) is 0.814. The number of benzene rings is 1. The van der Waals surface area contributed by atoms with Crippen LogP contribution in [0.3, 0.4) is 0 Å². The highest BCUT2D eigenvalue weighted by Crippen LogP contribution is 2.29. The van der Waals surface area contributed by atoms with Gasteiger partial charge in [0.1, 0.15) is 11.8 Å². The van der Waals surface area contributed by atoms with Crippen LogP contribution in [0, 0.1) is 11.3 Å². The lowest BCUT2D eigenvalue weighted by molar-refractivity contribution is -0.115. The summed E-state index contributed by atoms with van der Waals surface area (Å²) in [4.78, 5) is 22.9. The number of aromatic nitrogens is 2. The summed E-state index contributed by atoms with van der Waals surface area (Å²) in [7, 11) is 1.53. The second kappa shape index (κ2) is 4.31. The number of fused-ring (bicyclic) bond motifs is 1. The van der Waals surface area contributed by atoms with E-state index in [1.165, 1.54) is 17.8 Å². The van der Waals surface area contributed by atoms with Crippen molar-refractivity contribution in [2.24, 2.45) is 7.05 Å². The Morgan fingerprint density at radius 1 is 1.35 bits per heavy atom. The first-order valence-electron chi connectivity index (χ1n) is 6.00. The van der Waals surface area contributed by atoms with Gasteiger partial charge in [0.2, 0.25) is 5.91 Å². The molecule has 1 aromatic heterocycles. The molecule has 1 N–H and O–H groups in total. The maximum Gasteiger partial charge on any atom is 0.267 e. The van der Waals surface area contributed by atoms with Crippen LogP contribution in [0.4, 0.5) is 5.69 Å². The average Bonchev–Trinajstić information content (AvgIpc) is 2.80. The number of anilines is 1. The molecule has 3 rings (SSSR count). The number of aryl methyl sites for hydroxylation is 1. The topological polar surface area (TPSA) is 87.8 Å². The van der Waals surface area contributed by atoms with Gasteiger partial charge in [-0.05, 0) is 17.7 Å². The molecule has 0 spiro atoms. The van der Waals surface area contributed by atoms with Gasteiger partial charge >= 0.3 is 0 Å². The van der Waals surface area contributed by atoms with Crippen molar-refractivity contribution in [1.82, 2.24) is 9.78 Å². The summed E-state index contributed by atoms with van der Waals surface area (Å²) in [5.41, 5.74) is 2.70. The Morgan fingerprint density at radius 2 is 2.15 bits per heavy atom. The molecule has 1 aliphatic heterocycles. The van der Waals surface area contributed by atoms with E-state index in [1.54, 1.807) is 12.1 Å². The molecule has 2 heterocycles. The van der Waals surface area contributed by atoms with Gasteiger partial charge in [0.25, 0.3) is 5.56 Å². The van der Waals surface area contributed by atoms with E-state index in [2.05, 4.69) is 10.4 Å². The molecule has 0 radical (unpaired) electrons. The van der Waals surface area contributed by atoms with Gasteiger partial charge in [-0.15, -0.1) is 0 Å². The molecule has 1 amide bonds. The van der Waals surface area contributed by atoms with E-state index >= 15 is 0 Å². The quantitative estimate of drug-likeness (QED) is 0.827. The van der Waals surface area contributed by atoms with Gasteiger partial charge in [-0.1, -0.05) is 6.07 Å². The highest BCUT2D eigenvalue weighted by Gasteiger charge is 2.19. The van der Waals surface area contributed by atoms with Crippen LogP contribution in [0.15, 0.2) is 29.1 Å². The number of hydrogen-bond acceptors (Lipinski definition) is 4. The largest absolute Gasteiger partial charge is 0.326 e. The molecule has 1 aromatic carbocycles. The van der Waals surface area contributed by atoms with Crippen molar-refractivity contribution >= 4 is 11.6 Å². The smallest absolute Gasteiger partial charge is 0.267 e. The molecule has 0 bridgehead atoms. The summed E-state index contributed by atoms with van der Waals surface area (Å²) in [5.74, 6) is -0.0499. The van der Waals surface area contributed by atoms with E-state index < -0.39 is 0 Å². The lowest BCUT2D eigenvalue weighted by Gasteiger charge is -2.07. The normalized spacial score (nSPS) is 12.7. The molecule has 0 aliphatic carbocycles. The molecule has 6 heteroatoms. The van der Waals surface area contributed by atoms with Crippen molar-refractivity contribution in [1.29, 1.82) is 5.26 Å². The van der Waals surface area contributed by atoms with Gasteiger partial charge < -0.3 is 5.32 Å². The van der Waals surface area contributed by atoms with Crippen molar-refractivity contribution in [3.05, 3.63) is 45.7 Å². The zero-order valence-electron chi connectivity index (χ0n) is 10.7. The Kier molecular flexibility index (Phi) is 2.61. The van der Waals surface area contributed by atoms with E-state index in [-0.39, 0.29) is 17.0 Å². The molecular formula is C14H10N4O2. The van der Waals surface area contributed by atoms with Gasteiger partial charge in [-0.25, -0.2) is 4.68 Å². The van der Waals surface area contributed by atoms with E-state index in [9.17, 15) is 9.59 Å². The van der Waals surface area contributed by atoms with Crippen LogP contribution in [-0.2, 0) is 18.3 Å². The van der Waals surface area contributed by atoms with Crippen LogP contribution in [0.5, 0.6) is 0 Å². The molecule has 0 saturated carbocycles.